The van der Waals surface area contributed by atoms with Crippen LogP contribution < -0.4 is 5.32 Å². The van der Waals surface area contributed by atoms with E-state index in [0.717, 1.165) is 44.9 Å². The molecule has 0 aromatic heterocycles. The van der Waals surface area contributed by atoms with E-state index >= 15 is 0 Å². The van der Waals surface area contributed by atoms with Crippen LogP contribution in [-0.2, 0) is 27.9 Å². The minimum Gasteiger partial charge on any atom is -0.463 e. The van der Waals surface area contributed by atoms with Gasteiger partial charge in [0, 0.05) is 19.4 Å². The first-order chi connectivity index (χ1) is 23.8. The first kappa shape index (κ1) is 48.0. The summed E-state index contributed by atoms with van der Waals surface area (Å²) in [6, 6.07) is 0. The Kier molecular flexibility index (Phi) is 36.0. The third-order valence-corrected chi connectivity index (χ3v) is 10.0. The highest BCUT2D eigenvalue weighted by atomic mass is 31.2. The molecule has 0 aliphatic carbocycles. The van der Waals surface area contributed by atoms with Crippen molar-refractivity contribution in [2.24, 2.45) is 0 Å². The number of hydrogen-bond donors (Lipinski definition) is 3. The van der Waals surface area contributed by atoms with Crippen LogP contribution in [0, 0.1) is 0 Å². The number of nitrogens with one attached hydrogen (secondary N) is 1. The van der Waals surface area contributed by atoms with Gasteiger partial charge < -0.3 is 20.1 Å². The summed E-state index contributed by atoms with van der Waals surface area (Å²) < 4.78 is 26.6. The third-order valence-electron chi connectivity index (χ3n) is 9.04. The number of ether oxygens (including phenoxy) is 1. The van der Waals surface area contributed by atoms with Gasteiger partial charge in [-0.05, 0) is 12.8 Å². The summed E-state index contributed by atoms with van der Waals surface area (Å²) in [6.07, 6.45) is 35.4. The van der Waals surface area contributed by atoms with Crippen LogP contribution in [0.2, 0.25) is 0 Å². The molecule has 2 unspecified atom stereocenters. The van der Waals surface area contributed by atoms with Crippen LogP contribution in [-0.4, -0.2) is 54.3 Å². The molecule has 49 heavy (non-hydrogen) atoms. The second-order valence-electron chi connectivity index (χ2n) is 14.0. The van der Waals surface area contributed by atoms with E-state index in [1.54, 1.807) is 0 Å². The van der Waals surface area contributed by atoms with E-state index in [9.17, 15) is 24.2 Å². The minimum absolute atomic E-state index is 0.0836. The van der Waals surface area contributed by atoms with E-state index in [1.807, 2.05) is 0 Å². The van der Waals surface area contributed by atoms with Crippen molar-refractivity contribution in [3.63, 3.8) is 0 Å². The fourth-order valence-corrected chi connectivity index (χ4v) is 6.67. The Morgan fingerprint density at radius 2 is 0.918 bits per heavy atom. The van der Waals surface area contributed by atoms with Crippen molar-refractivity contribution in [1.82, 2.24) is 5.32 Å². The van der Waals surface area contributed by atoms with E-state index < -0.39 is 26.5 Å². The van der Waals surface area contributed by atoms with Crippen molar-refractivity contribution >= 4 is 19.7 Å². The normalized spacial score (nSPS) is 13.3. The van der Waals surface area contributed by atoms with Crippen molar-refractivity contribution in [3.05, 3.63) is 0 Å². The summed E-state index contributed by atoms with van der Waals surface area (Å²) in [6.45, 7) is 3.45. The van der Waals surface area contributed by atoms with Gasteiger partial charge in [0.1, 0.15) is 12.7 Å². The number of hydrogen-bond acceptors (Lipinski definition) is 7. The number of esters is 1. The van der Waals surface area contributed by atoms with Crippen LogP contribution >= 0.6 is 7.82 Å². The van der Waals surface area contributed by atoms with Crippen molar-refractivity contribution in [3.8, 4) is 0 Å². The molecule has 3 N–H and O–H groups in total. The Morgan fingerprint density at radius 1 is 0.551 bits per heavy atom. The van der Waals surface area contributed by atoms with Crippen molar-refractivity contribution < 1.29 is 37.9 Å². The number of aliphatic hydroxyl groups is 1. The van der Waals surface area contributed by atoms with Gasteiger partial charge in [0.2, 0.25) is 5.91 Å². The maximum Gasteiger partial charge on any atom is 0.472 e. The molecule has 1 amide bonds. The zero-order chi connectivity index (χ0) is 36.1. The van der Waals surface area contributed by atoms with E-state index in [1.165, 1.54) is 135 Å². The molecular formula is C39H78NO8P. The molecule has 0 aliphatic heterocycles. The molecule has 0 fully saturated rings. The monoisotopic (exact) mass is 720 g/mol. The van der Waals surface area contributed by atoms with Gasteiger partial charge in [-0.25, -0.2) is 4.57 Å². The number of aliphatic hydroxyl groups excluding tert-OH is 1. The summed E-state index contributed by atoms with van der Waals surface area (Å²) in [4.78, 5) is 33.4. The van der Waals surface area contributed by atoms with Crippen LogP contribution in [0.15, 0.2) is 0 Å². The number of phosphoric acid groups is 1. The Hall–Kier alpha value is -0.990. The average Bonchev–Trinajstić information content (AvgIpc) is 3.08. The number of carbonyl (C=O) groups is 2. The van der Waals surface area contributed by atoms with Crippen LogP contribution in [0.3, 0.4) is 0 Å². The average molecular weight is 720 g/mol. The van der Waals surface area contributed by atoms with Crippen molar-refractivity contribution in [2.75, 3.05) is 26.4 Å². The standard InChI is InChI=1S/C39H78NO8P/c1-3-5-7-9-10-11-12-13-14-15-16-17-18-19-20-21-22-23-24-25-26-27-28-30-32-39(43)46-35-37(41)36-48-49(44,45)47-34-33-40-38(42)31-29-8-6-4-2/h37,41H,3-36H2,1-2H3,(H,40,42)(H,44,45). The van der Waals surface area contributed by atoms with Crippen LogP contribution in [0.5, 0.6) is 0 Å². The topological polar surface area (TPSA) is 131 Å². The Balaban J connectivity index is 3.44. The van der Waals surface area contributed by atoms with Gasteiger partial charge in [-0.1, -0.05) is 181 Å². The van der Waals surface area contributed by atoms with Gasteiger partial charge in [-0.15, -0.1) is 0 Å². The Bertz CT molecular complexity index is 784. The van der Waals surface area contributed by atoms with E-state index in [4.69, 9.17) is 13.8 Å². The van der Waals surface area contributed by atoms with Crippen LogP contribution in [0.4, 0.5) is 0 Å². The van der Waals surface area contributed by atoms with E-state index in [2.05, 4.69) is 19.2 Å². The predicted octanol–water partition coefficient (Wildman–Crippen LogP) is 10.9. The summed E-state index contributed by atoms with van der Waals surface area (Å²) in [7, 11) is -4.39. The number of carbonyl (C=O) groups excluding carboxylic acids is 2. The van der Waals surface area contributed by atoms with Crippen LogP contribution in [0.1, 0.15) is 206 Å². The highest BCUT2D eigenvalue weighted by Gasteiger charge is 2.23. The first-order valence-electron chi connectivity index (χ1n) is 20.5. The number of phosphoric ester groups is 1. The smallest absolute Gasteiger partial charge is 0.463 e. The van der Waals surface area contributed by atoms with Gasteiger partial charge in [-0.2, -0.15) is 0 Å². The van der Waals surface area contributed by atoms with Gasteiger partial charge in [0.15, 0.2) is 0 Å². The number of unbranched alkanes of at least 4 members (excludes halogenated alkanes) is 26. The zero-order valence-electron chi connectivity index (χ0n) is 31.9. The SMILES string of the molecule is CCCCCCCCCCCCCCCCCCCCCCCCCCC(=O)OCC(O)COP(=O)(O)OCCNC(=O)CCCCCC. The van der Waals surface area contributed by atoms with Crippen molar-refractivity contribution in [2.45, 2.75) is 213 Å². The lowest BCUT2D eigenvalue weighted by Gasteiger charge is -2.15. The molecule has 292 valence electrons. The largest absolute Gasteiger partial charge is 0.472 e. The third kappa shape index (κ3) is 38.1. The highest BCUT2D eigenvalue weighted by molar-refractivity contribution is 7.47. The number of amides is 1. The second kappa shape index (κ2) is 36.8. The molecular weight excluding hydrogens is 641 g/mol. The Labute approximate surface area is 301 Å². The van der Waals surface area contributed by atoms with E-state index in [-0.39, 0.29) is 25.7 Å². The first-order valence-corrected chi connectivity index (χ1v) is 22.0. The molecule has 2 atom stereocenters. The number of rotatable bonds is 39. The van der Waals surface area contributed by atoms with E-state index in [0.29, 0.717) is 12.8 Å². The molecule has 0 aromatic rings. The summed E-state index contributed by atoms with van der Waals surface area (Å²) in [5.74, 6) is -0.525. The minimum atomic E-state index is -4.39. The lowest BCUT2D eigenvalue weighted by atomic mass is 10.0. The maximum atomic E-state index is 12.0. The molecule has 0 bridgehead atoms. The molecule has 0 rings (SSSR count). The maximum absolute atomic E-state index is 12.0. The highest BCUT2D eigenvalue weighted by Crippen LogP contribution is 2.42. The van der Waals surface area contributed by atoms with Gasteiger partial charge in [-0.3, -0.25) is 18.6 Å². The molecule has 0 radical (unpaired) electrons. The molecule has 0 heterocycles. The van der Waals surface area contributed by atoms with Gasteiger partial charge >= 0.3 is 13.8 Å². The second-order valence-corrected chi connectivity index (χ2v) is 15.4. The summed E-state index contributed by atoms with van der Waals surface area (Å²) in [5.41, 5.74) is 0. The molecule has 0 spiro atoms. The predicted molar refractivity (Wildman–Crippen MR) is 202 cm³/mol. The fourth-order valence-electron chi connectivity index (χ4n) is 5.91. The molecule has 0 saturated heterocycles. The lowest BCUT2D eigenvalue weighted by molar-refractivity contribution is -0.147. The summed E-state index contributed by atoms with van der Waals surface area (Å²) in [5, 5.41) is 12.6. The van der Waals surface area contributed by atoms with Crippen molar-refractivity contribution in [1.29, 1.82) is 0 Å². The summed E-state index contributed by atoms with van der Waals surface area (Å²) >= 11 is 0. The quantitative estimate of drug-likeness (QED) is 0.0325. The van der Waals surface area contributed by atoms with Gasteiger partial charge in [0.05, 0.1) is 13.2 Å². The lowest BCUT2D eigenvalue weighted by Crippen LogP contribution is -2.27. The van der Waals surface area contributed by atoms with Crippen LogP contribution in [0.25, 0.3) is 0 Å². The fraction of sp³-hybridized carbons (Fsp3) is 0.949. The molecule has 10 heteroatoms. The molecule has 0 saturated carbocycles. The molecule has 9 nitrogen and oxygen atoms in total. The zero-order valence-corrected chi connectivity index (χ0v) is 32.8. The molecule has 0 aliphatic rings. The Morgan fingerprint density at radius 3 is 1.35 bits per heavy atom. The van der Waals surface area contributed by atoms with Gasteiger partial charge in [0.25, 0.3) is 0 Å². The molecule has 0 aromatic carbocycles.